The summed E-state index contributed by atoms with van der Waals surface area (Å²) in [6, 6.07) is 7.11. The summed E-state index contributed by atoms with van der Waals surface area (Å²) < 4.78 is 53.4. The van der Waals surface area contributed by atoms with E-state index in [-0.39, 0.29) is 35.1 Å². The maximum atomic E-state index is 13.8. The average Bonchev–Trinajstić information content (AvgIpc) is 3.69. The summed E-state index contributed by atoms with van der Waals surface area (Å²) in [4.78, 5) is 43.3. The minimum absolute atomic E-state index is 0.00630. The van der Waals surface area contributed by atoms with E-state index in [1.165, 1.54) is 17.0 Å². The smallest absolute Gasteiger partial charge is 0.416 e. The summed E-state index contributed by atoms with van der Waals surface area (Å²) in [7, 11) is 0. The second kappa shape index (κ2) is 10.3. The topological polar surface area (TPSA) is 127 Å². The molecule has 2 atom stereocenters. The quantitative estimate of drug-likeness (QED) is 0.331. The fraction of sp³-hybridized carbons (Fsp3) is 0.308. The van der Waals surface area contributed by atoms with Gasteiger partial charge in [-0.2, -0.15) is 18.1 Å². The Kier molecular flexibility index (Phi) is 7.25. The molecule has 2 amide bonds. The number of carboxylic acids is 1. The van der Waals surface area contributed by atoms with Gasteiger partial charge in [-0.1, -0.05) is 18.2 Å². The number of rotatable bonds is 6. The highest BCUT2D eigenvalue weighted by Gasteiger charge is 2.52. The first-order valence-corrected chi connectivity index (χ1v) is 11.8. The molecule has 0 unspecified atom stereocenters. The standard InChI is InChI=1S/C26H24F4N4O4/c1-2-34-22(32-17-10-11-17)19(20(31)25(37)38)18(13-6-8-16(27)9-7-13)21(24(34)36)33-23(35)14-4-3-5-15(12-14)26(28,29)30/h3-9,12,17-18,21H,2,10-11,31H2,1H3,(H,33,35)(H,37,38)/p+1/b20-19-,32-22?/t18-,21-/m0/s1. The number of amidine groups is 1. The summed E-state index contributed by atoms with van der Waals surface area (Å²) in [6.45, 7) is 1.72. The number of likely N-dealkylation sites (N-methyl/N-ethyl adjacent to an activating group) is 1. The molecule has 1 aliphatic heterocycles. The van der Waals surface area contributed by atoms with Crippen molar-refractivity contribution in [3.05, 3.63) is 82.3 Å². The molecular formula is C26H25F4N4O4+. The van der Waals surface area contributed by atoms with Crippen LogP contribution in [0, 0.1) is 5.82 Å². The third kappa shape index (κ3) is 5.38. The van der Waals surface area contributed by atoms with Crippen LogP contribution in [0.4, 0.5) is 17.6 Å². The van der Waals surface area contributed by atoms with Gasteiger partial charge in [0.15, 0.2) is 0 Å². The molecule has 0 bridgehead atoms. The summed E-state index contributed by atoms with van der Waals surface area (Å²) in [5, 5.41) is 12.3. The summed E-state index contributed by atoms with van der Waals surface area (Å²) in [5.74, 6) is -4.70. The molecule has 2 fully saturated rings. The number of nitrogens with zero attached hydrogens (tertiary/aromatic N) is 1. The second-order valence-electron chi connectivity index (χ2n) is 9.04. The van der Waals surface area contributed by atoms with Crippen LogP contribution in [-0.4, -0.2) is 52.3 Å². The second-order valence-corrected chi connectivity index (χ2v) is 9.04. The Bertz CT molecular complexity index is 1330. The van der Waals surface area contributed by atoms with Gasteiger partial charge >= 0.3 is 18.1 Å². The molecule has 0 aromatic heterocycles. The SMILES string of the molecule is CCN1C(=O)[C@@H](NC(=O)c2cccc(C(F)(F)F)c2)[C@@H](c2ccc(F)cc2)/C(=C(/N)C(=O)O)C1=[NH+]C1CC1. The molecule has 12 heteroatoms. The first kappa shape index (κ1) is 26.8. The normalized spacial score (nSPS) is 22.4. The van der Waals surface area contributed by atoms with E-state index < -0.39 is 53.0 Å². The van der Waals surface area contributed by atoms with Crippen molar-refractivity contribution in [2.24, 2.45) is 5.73 Å². The van der Waals surface area contributed by atoms with E-state index in [2.05, 4.69) is 10.3 Å². The van der Waals surface area contributed by atoms with Crippen LogP contribution in [0.3, 0.4) is 0 Å². The van der Waals surface area contributed by atoms with Gasteiger partial charge in [0.05, 0.1) is 29.6 Å². The lowest BCUT2D eigenvalue weighted by atomic mass is 9.78. The number of carboxylic acid groups (broad SMARTS) is 1. The monoisotopic (exact) mass is 533 g/mol. The molecule has 2 aromatic carbocycles. The lowest BCUT2D eigenvalue weighted by Crippen LogP contribution is -2.81. The van der Waals surface area contributed by atoms with Crippen molar-refractivity contribution in [3.8, 4) is 0 Å². The van der Waals surface area contributed by atoms with Crippen LogP contribution in [-0.2, 0) is 15.8 Å². The number of halogens is 4. The van der Waals surface area contributed by atoms with Crippen molar-refractivity contribution in [2.45, 2.75) is 43.9 Å². The lowest BCUT2D eigenvalue weighted by Gasteiger charge is -2.36. The summed E-state index contributed by atoms with van der Waals surface area (Å²) in [6.07, 6.45) is -3.13. The molecule has 0 spiro atoms. The Labute approximate surface area is 214 Å². The fourth-order valence-corrected chi connectivity index (χ4v) is 4.42. The van der Waals surface area contributed by atoms with Gasteiger partial charge in [0, 0.05) is 5.56 Å². The van der Waals surface area contributed by atoms with Gasteiger partial charge in [-0.05, 0) is 55.7 Å². The van der Waals surface area contributed by atoms with Crippen LogP contribution in [0.1, 0.15) is 47.2 Å². The van der Waals surface area contributed by atoms with Gasteiger partial charge in [0.1, 0.15) is 17.6 Å². The first-order valence-electron chi connectivity index (χ1n) is 11.8. The van der Waals surface area contributed by atoms with Gasteiger partial charge in [0.25, 0.3) is 11.7 Å². The van der Waals surface area contributed by atoms with E-state index in [0.717, 1.165) is 43.2 Å². The number of aliphatic carboxylic acids is 1. The third-order valence-corrected chi connectivity index (χ3v) is 6.42. The molecule has 1 saturated heterocycles. The number of carbonyl (C=O) groups is 3. The van der Waals surface area contributed by atoms with Crippen molar-refractivity contribution < 1.29 is 42.0 Å². The highest BCUT2D eigenvalue weighted by Crippen LogP contribution is 2.36. The predicted octanol–water partition coefficient (Wildman–Crippen LogP) is 1.53. The third-order valence-electron chi connectivity index (χ3n) is 6.42. The molecule has 1 aliphatic carbocycles. The van der Waals surface area contributed by atoms with Crippen LogP contribution >= 0.6 is 0 Å². The van der Waals surface area contributed by atoms with Gasteiger partial charge < -0.3 is 16.2 Å². The van der Waals surface area contributed by atoms with E-state index in [9.17, 15) is 37.1 Å². The number of amides is 2. The van der Waals surface area contributed by atoms with Crippen molar-refractivity contribution in [2.75, 3.05) is 6.54 Å². The number of likely N-dealkylation sites (tertiary alicyclic amines) is 1. The maximum Gasteiger partial charge on any atom is 0.416 e. The minimum Gasteiger partial charge on any atom is -0.477 e. The Balaban J connectivity index is 1.86. The Hall–Kier alpha value is -4.22. The number of nitrogens with two attached hydrogens (primary N) is 1. The first-order chi connectivity index (χ1) is 17.9. The van der Waals surface area contributed by atoms with Crippen LogP contribution in [0.15, 0.2) is 59.8 Å². The van der Waals surface area contributed by atoms with Crippen LogP contribution < -0.4 is 16.0 Å². The largest absolute Gasteiger partial charge is 0.477 e. The van der Waals surface area contributed by atoms with Crippen LogP contribution in [0.5, 0.6) is 0 Å². The molecule has 1 heterocycles. The number of hydrogen-bond donors (Lipinski definition) is 4. The summed E-state index contributed by atoms with van der Waals surface area (Å²) in [5.41, 5.74) is 4.33. The number of nitrogens with one attached hydrogen (secondary N) is 2. The molecular weight excluding hydrogens is 508 g/mol. The number of piperidine rings is 1. The Morgan fingerprint density at radius 1 is 1.16 bits per heavy atom. The molecule has 2 aliphatic rings. The molecule has 2 aromatic rings. The van der Waals surface area contributed by atoms with Gasteiger partial charge in [0.2, 0.25) is 0 Å². The van der Waals surface area contributed by atoms with E-state index in [1.807, 2.05) is 0 Å². The van der Waals surface area contributed by atoms with Crippen molar-refractivity contribution in [1.82, 2.24) is 10.2 Å². The number of hydrogen-bond acceptors (Lipinski definition) is 4. The van der Waals surface area contributed by atoms with E-state index in [0.29, 0.717) is 6.07 Å². The zero-order valence-corrected chi connectivity index (χ0v) is 20.2. The van der Waals surface area contributed by atoms with Crippen molar-refractivity contribution in [3.63, 3.8) is 0 Å². The van der Waals surface area contributed by atoms with Crippen molar-refractivity contribution in [1.29, 1.82) is 0 Å². The van der Waals surface area contributed by atoms with Crippen LogP contribution in [0.25, 0.3) is 0 Å². The van der Waals surface area contributed by atoms with E-state index in [1.54, 1.807) is 6.92 Å². The molecule has 4 rings (SSSR count). The molecule has 200 valence electrons. The molecule has 38 heavy (non-hydrogen) atoms. The molecule has 0 radical (unpaired) electrons. The molecule has 1 saturated carbocycles. The zero-order valence-electron chi connectivity index (χ0n) is 20.2. The number of carbonyl (C=O) groups excluding carboxylic acids is 2. The van der Waals surface area contributed by atoms with Gasteiger partial charge in [-0.25, -0.2) is 14.0 Å². The fourth-order valence-electron chi connectivity index (χ4n) is 4.42. The molecule has 8 nitrogen and oxygen atoms in total. The number of alkyl halides is 3. The van der Waals surface area contributed by atoms with E-state index >= 15 is 0 Å². The summed E-state index contributed by atoms with van der Waals surface area (Å²) >= 11 is 0. The zero-order chi connectivity index (χ0) is 27.8. The van der Waals surface area contributed by atoms with Gasteiger partial charge in [-0.15, -0.1) is 0 Å². The molecule has 5 N–H and O–H groups in total. The minimum atomic E-state index is -4.70. The van der Waals surface area contributed by atoms with Crippen LogP contribution in [0.2, 0.25) is 0 Å². The van der Waals surface area contributed by atoms with Gasteiger partial charge in [-0.3, -0.25) is 9.79 Å². The van der Waals surface area contributed by atoms with Crippen molar-refractivity contribution >= 4 is 23.6 Å². The lowest BCUT2D eigenvalue weighted by molar-refractivity contribution is -0.478. The Morgan fingerprint density at radius 2 is 1.82 bits per heavy atom. The maximum absolute atomic E-state index is 13.8. The number of benzene rings is 2. The highest BCUT2D eigenvalue weighted by molar-refractivity contribution is 6.15. The predicted molar refractivity (Wildman–Crippen MR) is 127 cm³/mol. The Morgan fingerprint density at radius 3 is 2.37 bits per heavy atom. The van der Waals surface area contributed by atoms with E-state index in [4.69, 9.17) is 5.73 Å². The average molecular weight is 534 g/mol. The highest BCUT2D eigenvalue weighted by atomic mass is 19.4.